The number of carbonyl (C=O) groups excluding carboxylic acids is 2. The fourth-order valence-corrected chi connectivity index (χ4v) is 4.23. The maximum absolute atomic E-state index is 12.7. The summed E-state index contributed by atoms with van der Waals surface area (Å²) in [7, 11) is 3.16. The van der Waals surface area contributed by atoms with Gasteiger partial charge >= 0.3 is 0 Å². The van der Waals surface area contributed by atoms with Gasteiger partial charge in [0.1, 0.15) is 11.3 Å². The number of hydrogen-bond donors (Lipinski definition) is 2. The van der Waals surface area contributed by atoms with Gasteiger partial charge in [0.15, 0.2) is 5.78 Å². The van der Waals surface area contributed by atoms with E-state index in [9.17, 15) is 19.5 Å². The van der Waals surface area contributed by atoms with Crippen molar-refractivity contribution in [3.05, 3.63) is 62.1 Å². The fourth-order valence-electron chi connectivity index (χ4n) is 3.27. The normalized spacial score (nSPS) is 11.0. The highest BCUT2D eigenvalue weighted by atomic mass is 32.1. The lowest BCUT2D eigenvalue weighted by Gasteiger charge is -2.11. The second-order valence-electron chi connectivity index (χ2n) is 6.90. The highest BCUT2D eigenvalue weighted by Crippen LogP contribution is 2.27. The van der Waals surface area contributed by atoms with Crippen molar-refractivity contribution in [2.75, 3.05) is 20.3 Å². The molecule has 1 amide bonds. The van der Waals surface area contributed by atoms with E-state index in [2.05, 4.69) is 5.32 Å². The smallest absolute Gasteiger partial charge is 0.265 e. The van der Waals surface area contributed by atoms with E-state index in [1.807, 2.05) is 6.07 Å². The number of aryl methyl sites for hydroxylation is 2. The molecular weight excluding hydrogens is 404 g/mol. The van der Waals surface area contributed by atoms with Crippen molar-refractivity contribution < 1.29 is 19.4 Å². The molecule has 0 aliphatic rings. The summed E-state index contributed by atoms with van der Waals surface area (Å²) in [6, 6.07) is 10.6. The number of amides is 1. The van der Waals surface area contributed by atoms with E-state index in [0.717, 1.165) is 4.88 Å². The highest BCUT2D eigenvalue weighted by Gasteiger charge is 2.20. The number of fused-ring (bicyclic) bond motifs is 1. The maximum atomic E-state index is 12.7. The largest absolute Gasteiger partial charge is 0.506 e. The van der Waals surface area contributed by atoms with Crippen molar-refractivity contribution in [1.82, 2.24) is 9.88 Å². The number of rotatable bonds is 9. The summed E-state index contributed by atoms with van der Waals surface area (Å²) in [5.74, 6) is -0.790. The summed E-state index contributed by atoms with van der Waals surface area (Å²) in [5, 5.41) is 13.8. The molecular formula is C22H24N2O5S. The van der Waals surface area contributed by atoms with E-state index in [0.29, 0.717) is 41.8 Å². The quantitative estimate of drug-likeness (QED) is 0.403. The molecule has 2 heterocycles. The Bertz CT molecular complexity index is 1130. The van der Waals surface area contributed by atoms with E-state index in [-0.39, 0.29) is 29.4 Å². The number of carbonyl (C=O) groups is 2. The minimum atomic E-state index is -0.498. The zero-order chi connectivity index (χ0) is 21.7. The predicted octanol–water partition coefficient (Wildman–Crippen LogP) is 2.89. The van der Waals surface area contributed by atoms with Gasteiger partial charge in [0.05, 0.1) is 17.0 Å². The van der Waals surface area contributed by atoms with E-state index in [1.54, 1.807) is 44.5 Å². The van der Waals surface area contributed by atoms with Gasteiger partial charge in [0.25, 0.3) is 11.5 Å². The van der Waals surface area contributed by atoms with Crippen molar-refractivity contribution in [2.24, 2.45) is 7.05 Å². The molecule has 8 heteroatoms. The molecule has 30 heavy (non-hydrogen) atoms. The van der Waals surface area contributed by atoms with Crippen LogP contribution in [0.3, 0.4) is 0 Å². The number of pyridine rings is 1. The summed E-state index contributed by atoms with van der Waals surface area (Å²) in [4.78, 5) is 38.9. The molecule has 0 saturated carbocycles. The van der Waals surface area contributed by atoms with Crippen molar-refractivity contribution in [1.29, 1.82) is 0 Å². The second-order valence-corrected chi connectivity index (χ2v) is 8.06. The van der Waals surface area contributed by atoms with Crippen LogP contribution in [0.4, 0.5) is 0 Å². The number of aromatic hydroxyl groups is 1. The van der Waals surface area contributed by atoms with E-state index < -0.39 is 5.56 Å². The Hall–Kier alpha value is -2.97. The number of nitrogens with zero attached hydrogens (tertiary/aromatic N) is 1. The number of nitrogens with one attached hydrogen (secondary N) is 1. The Labute approximate surface area is 177 Å². The summed E-state index contributed by atoms with van der Waals surface area (Å²) in [6.45, 7) is 0.897. The minimum absolute atomic E-state index is 0.133. The van der Waals surface area contributed by atoms with Crippen LogP contribution in [0.25, 0.3) is 10.9 Å². The first-order valence-electron chi connectivity index (χ1n) is 9.63. The topological polar surface area (TPSA) is 97.6 Å². The first-order valence-corrected chi connectivity index (χ1v) is 10.5. The average molecular weight is 429 g/mol. The SMILES string of the molecule is COCCNC(=O)c1ccc(CCCC(=O)c2c(O)c3ccccc3n(C)c2=O)s1. The van der Waals surface area contributed by atoms with Crippen LogP contribution in [0.5, 0.6) is 5.75 Å². The van der Waals surface area contributed by atoms with Gasteiger partial charge in [-0.3, -0.25) is 14.4 Å². The number of hydrogen-bond acceptors (Lipinski definition) is 6. The summed E-state index contributed by atoms with van der Waals surface area (Å²) in [5.41, 5.74) is -0.0885. The molecule has 0 atom stereocenters. The van der Waals surface area contributed by atoms with Gasteiger partial charge in [-0.15, -0.1) is 11.3 Å². The molecule has 7 nitrogen and oxygen atoms in total. The van der Waals surface area contributed by atoms with Crippen LogP contribution in [-0.4, -0.2) is 41.6 Å². The summed E-state index contributed by atoms with van der Waals surface area (Å²) < 4.78 is 6.29. The van der Waals surface area contributed by atoms with Crippen LogP contribution in [0.15, 0.2) is 41.2 Å². The van der Waals surface area contributed by atoms with Gasteiger partial charge in [0.2, 0.25) is 0 Å². The zero-order valence-electron chi connectivity index (χ0n) is 16.9. The minimum Gasteiger partial charge on any atom is -0.506 e. The van der Waals surface area contributed by atoms with E-state index >= 15 is 0 Å². The van der Waals surface area contributed by atoms with Crippen molar-refractivity contribution in [2.45, 2.75) is 19.3 Å². The number of ether oxygens (including phenoxy) is 1. The predicted molar refractivity (Wildman–Crippen MR) is 117 cm³/mol. The molecule has 158 valence electrons. The third-order valence-electron chi connectivity index (χ3n) is 4.86. The van der Waals surface area contributed by atoms with Gasteiger partial charge in [0, 0.05) is 37.4 Å². The Morgan fingerprint density at radius 2 is 1.97 bits per heavy atom. The molecule has 2 N–H and O–H groups in total. The first kappa shape index (κ1) is 21.7. The van der Waals surface area contributed by atoms with E-state index in [1.165, 1.54) is 15.9 Å². The molecule has 0 spiro atoms. The third-order valence-corrected chi connectivity index (χ3v) is 6.00. The molecule has 0 aliphatic carbocycles. The Kier molecular flexibility index (Phi) is 7.02. The number of Topliss-reactive ketones (excluding diaryl/α,β-unsaturated/α-hetero) is 1. The van der Waals surface area contributed by atoms with Crippen molar-refractivity contribution in [3.8, 4) is 5.75 Å². The molecule has 0 unspecified atom stereocenters. The molecule has 1 aromatic carbocycles. The fraction of sp³-hybridized carbons (Fsp3) is 0.318. The number of aromatic nitrogens is 1. The van der Waals surface area contributed by atoms with Gasteiger partial charge in [-0.2, -0.15) is 0 Å². The number of methoxy groups -OCH3 is 1. The summed E-state index contributed by atoms with van der Waals surface area (Å²) >= 11 is 1.38. The molecule has 0 fully saturated rings. The third kappa shape index (κ3) is 4.60. The lowest BCUT2D eigenvalue weighted by atomic mass is 10.0. The second kappa shape index (κ2) is 9.69. The number of benzene rings is 1. The Morgan fingerprint density at radius 3 is 2.73 bits per heavy atom. The zero-order valence-corrected chi connectivity index (χ0v) is 17.8. The monoisotopic (exact) mass is 428 g/mol. The molecule has 3 rings (SSSR count). The average Bonchev–Trinajstić information content (AvgIpc) is 3.21. The molecule has 0 radical (unpaired) electrons. The van der Waals surface area contributed by atoms with Crippen LogP contribution in [-0.2, 0) is 18.2 Å². The maximum Gasteiger partial charge on any atom is 0.265 e. The molecule has 0 aliphatic heterocycles. The standard InChI is InChI=1S/C22H24N2O5S/c1-24-16-8-4-3-7-15(16)20(26)19(22(24)28)17(25)9-5-6-14-10-11-18(30-14)21(27)23-12-13-29-2/h3-4,7-8,10-11,26H,5-6,9,12-13H2,1-2H3,(H,23,27). The van der Waals surface area contributed by atoms with Gasteiger partial charge in [-0.05, 0) is 37.1 Å². The van der Waals surface area contributed by atoms with Gasteiger partial charge in [-0.25, -0.2) is 0 Å². The lowest BCUT2D eigenvalue weighted by molar-refractivity contribution is 0.0939. The number of para-hydroxylation sites is 1. The number of ketones is 1. The lowest BCUT2D eigenvalue weighted by Crippen LogP contribution is -2.26. The van der Waals surface area contributed by atoms with Gasteiger partial charge in [-0.1, -0.05) is 12.1 Å². The summed E-state index contributed by atoms with van der Waals surface area (Å²) in [6.07, 6.45) is 1.25. The molecule has 0 bridgehead atoms. The first-order chi connectivity index (χ1) is 14.4. The van der Waals surface area contributed by atoms with Crippen molar-refractivity contribution >= 4 is 33.9 Å². The van der Waals surface area contributed by atoms with Crippen LogP contribution in [0.1, 0.15) is 37.7 Å². The van der Waals surface area contributed by atoms with E-state index in [4.69, 9.17) is 4.74 Å². The highest BCUT2D eigenvalue weighted by molar-refractivity contribution is 7.14. The van der Waals surface area contributed by atoms with Crippen LogP contribution < -0.4 is 10.9 Å². The Balaban J connectivity index is 1.65. The van der Waals surface area contributed by atoms with Crippen LogP contribution in [0.2, 0.25) is 0 Å². The number of thiophene rings is 1. The Morgan fingerprint density at radius 1 is 1.20 bits per heavy atom. The molecule has 3 aromatic rings. The van der Waals surface area contributed by atoms with Gasteiger partial charge < -0.3 is 19.7 Å². The molecule has 0 saturated heterocycles. The van der Waals surface area contributed by atoms with Crippen molar-refractivity contribution in [3.63, 3.8) is 0 Å². The molecule has 2 aromatic heterocycles. The van der Waals surface area contributed by atoms with Crippen LogP contribution >= 0.6 is 11.3 Å². The van der Waals surface area contributed by atoms with Crippen LogP contribution in [0, 0.1) is 0 Å².